The summed E-state index contributed by atoms with van der Waals surface area (Å²) in [5.74, 6) is 2.47. The number of hydrogen-bond acceptors (Lipinski definition) is 4. The molecule has 31 heavy (non-hydrogen) atoms. The summed E-state index contributed by atoms with van der Waals surface area (Å²) in [6, 6.07) is 6.85. The Hall–Kier alpha value is -1.06. The minimum absolute atomic E-state index is 0. The van der Waals surface area contributed by atoms with E-state index in [0.29, 0.717) is 43.2 Å². The van der Waals surface area contributed by atoms with E-state index in [1.165, 1.54) is 31.2 Å². The molecule has 1 spiro atoms. The Kier molecular flexibility index (Phi) is 8.87. The monoisotopic (exact) mass is 543 g/mol. The number of guanidine groups is 1. The van der Waals surface area contributed by atoms with E-state index < -0.39 is 0 Å². The van der Waals surface area contributed by atoms with Crippen molar-refractivity contribution < 1.29 is 14.2 Å². The van der Waals surface area contributed by atoms with E-state index in [4.69, 9.17) is 19.2 Å². The molecule has 4 rings (SSSR count). The average Bonchev–Trinajstić information content (AvgIpc) is 3.12. The number of aliphatic imine (C=N–C) groups is 1. The van der Waals surface area contributed by atoms with Gasteiger partial charge in [-0.15, -0.1) is 24.0 Å². The molecular formula is C24H38IN3O3. The molecule has 0 amide bonds. The maximum absolute atomic E-state index is 6.07. The summed E-state index contributed by atoms with van der Waals surface area (Å²) in [4.78, 5) is 4.93. The number of benzene rings is 1. The predicted molar refractivity (Wildman–Crippen MR) is 134 cm³/mol. The SMILES string of the molecule is CCNC(=NCc1ccc(C)cc1OCCCOC)NC1C2CCOC2C12CCC2.I. The summed E-state index contributed by atoms with van der Waals surface area (Å²) in [5, 5.41) is 7.23. The van der Waals surface area contributed by atoms with Crippen LogP contribution in [0.3, 0.4) is 0 Å². The third-order valence-corrected chi connectivity index (χ3v) is 7.05. The van der Waals surface area contributed by atoms with Crippen LogP contribution in [0.1, 0.15) is 50.2 Å². The number of methoxy groups -OCH3 is 1. The van der Waals surface area contributed by atoms with E-state index in [2.05, 4.69) is 42.7 Å². The molecular weight excluding hydrogens is 505 g/mol. The van der Waals surface area contributed by atoms with Gasteiger partial charge in [0.1, 0.15) is 5.75 Å². The lowest BCUT2D eigenvalue weighted by Gasteiger charge is -2.63. The molecule has 6 nitrogen and oxygen atoms in total. The number of rotatable bonds is 9. The summed E-state index contributed by atoms with van der Waals surface area (Å²) in [7, 11) is 1.72. The van der Waals surface area contributed by atoms with E-state index in [0.717, 1.165) is 36.8 Å². The first kappa shape index (κ1) is 24.6. The van der Waals surface area contributed by atoms with Gasteiger partial charge in [0.25, 0.3) is 0 Å². The first-order chi connectivity index (χ1) is 14.7. The minimum Gasteiger partial charge on any atom is -0.493 e. The molecule has 1 aliphatic heterocycles. The van der Waals surface area contributed by atoms with Crippen LogP contribution < -0.4 is 15.4 Å². The van der Waals surface area contributed by atoms with Crippen molar-refractivity contribution in [3.8, 4) is 5.75 Å². The van der Waals surface area contributed by atoms with Crippen LogP contribution in [-0.2, 0) is 16.0 Å². The molecule has 3 aliphatic rings. The zero-order valence-corrected chi connectivity index (χ0v) is 21.4. The Morgan fingerprint density at radius 1 is 1.29 bits per heavy atom. The molecule has 7 heteroatoms. The van der Waals surface area contributed by atoms with Crippen LogP contribution >= 0.6 is 24.0 Å². The van der Waals surface area contributed by atoms with Crippen molar-refractivity contribution in [2.24, 2.45) is 16.3 Å². The van der Waals surface area contributed by atoms with Gasteiger partial charge in [0.15, 0.2) is 5.96 Å². The lowest BCUT2D eigenvalue weighted by atomic mass is 9.46. The Bertz CT molecular complexity index is 754. The molecule has 2 aliphatic carbocycles. The second kappa shape index (κ2) is 11.2. The maximum Gasteiger partial charge on any atom is 0.191 e. The van der Waals surface area contributed by atoms with Crippen molar-refractivity contribution in [1.82, 2.24) is 10.6 Å². The van der Waals surface area contributed by atoms with Crippen molar-refractivity contribution in [3.05, 3.63) is 29.3 Å². The molecule has 3 fully saturated rings. The summed E-state index contributed by atoms with van der Waals surface area (Å²) >= 11 is 0. The van der Waals surface area contributed by atoms with Gasteiger partial charge in [0, 0.05) is 56.2 Å². The quantitative estimate of drug-likeness (QED) is 0.213. The predicted octanol–water partition coefficient (Wildman–Crippen LogP) is 4.04. The lowest BCUT2D eigenvalue weighted by molar-refractivity contribution is -0.171. The van der Waals surface area contributed by atoms with Crippen LogP contribution in [0.15, 0.2) is 23.2 Å². The standard InChI is InChI=1S/C24H37N3O3.HI/c1-4-25-23(27-21-19-9-14-30-22(19)24(21)10-5-11-24)26-16-18-8-7-17(2)15-20(18)29-13-6-12-28-3;/h7-8,15,19,21-22H,4-6,9-14,16H2,1-3H3,(H2,25,26,27);1H. The highest BCUT2D eigenvalue weighted by Crippen LogP contribution is 2.62. The van der Waals surface area contributed by atoms with Gasteiger partial charge < -0.3 is 24.8 Å². The fourth-order valence-corrected chi connectivity index (χ4v) is 5.40. The first-order valence-corrected chi connectivity index (χ1v) is 11.6. The smallest absolute Gasteiger partial charge is 0.191 e. The van der Waals surface area contributed by atoms with Crippen LogP contribution in [0.5, 0.6) is 5.75 Å². The van der Waals surface area contributed by atoms with Crippen molar-refractivity contribution in [2.75, 3.05) is 33.5 Å². The molecule has 1 aromatic rings. The molecule has 1 aromatic carbocycles. The van der Waals surface area contributed by atoms with Gasteiger partial charge in [-0.25, -0.2) is 4.99 Å². The topological polar surface area (TPSA) is 64.1 Å². The van der Waals surface area contributed by atoms with E-state index in [1.807, 2.05) is 0 Å². The third-order valence-electron chi connectivity index (χ3n) is 7.05. The number of aryl methyl sites for hydroxylation is 1. The van der Waals surface area contributed by atoms with Crippen molar-refractivity contribution in [3.63, 3.8) is 0 Å². The first-order valence-electron chi connectivity index (χ1n) is 11.6. The van der Waals surface area contributed by atoms with Gasteiger partial charge in [0.2, 0.25) is 0 Å². The third kappa shape index (κ3) is 5.14. The molecule has 2 N–H and O–H groups in total. The molecule has 0 aromatic heterocycles. The number of nitrogens with zero attached hydrogens (tertiary/aromatic N) is 1. The molecule has 0 radical (unpaired) electrons. The summed E-state index contributed by atoms with van der Waals surface area (Å²) < 4.78 is 17.2. The number of nitrogens with one attached hydrogen (secondary N) is 2. The highest BCUT2D eigenvalue weighted by molar-refractivity contribution is 14.0. The Morgan fingerprint density at radius 3 is 2.84 bits per heavy atom. The number of fused-ring (bicyclic) bond motifs is 2. The summed E-state index contributed by atoms with van der Waals surface area (Å²) in [6.07, 6.45) is 6.40. The molecule has 0 bridgehead atoms. The second-order valence-electron chi connectivity index (χ2n) is 8.95. The minimum atomic E-state index is 0. The second-order valence-corrected chi connectivity index (χ2v) is 8.95. The average molecular weight is 543 g/mol. The van der Waals surface area contributed by atoms with Gasteiger partial charge in [-0.05, 0) is 44.7 Å². The van der Waals surface area contributed by atoms with Gasteiger partial charge >= 0.3 is 0 Å². The highest BCUT2D eigenvalue weighted by Gasteiger charge is 2.66. The fourth-order valence-electron chi connectivity index (χ4n) is 5.40. The molecule has 1 heterocycles. The van der Waals surface area contributed by atoms with Crippen LogP contribution in [0.25, 0.3) is 0 Å². The fraction of sp³-hybridized carbons (Fsp3) is 0.708. The number of hydrogen-bond donors (Lipinski definition) is 2. The largest absolute Gasteiger partial charge is 0.493 e. The van der Waals surface area contributed by atoms with E-state index in [-0.39, 0.29) is 24.0 Å². The number of ether oxygens (including phenoxy) is 3. The van der Waals surface area contributed by atoms with E-state index in [9.17, 15) is 0 Å². The van der Waals surface area contributed by atoms with E-state index >= 15 is 0 Å². The lowest BCUT2D eigenvalue weighted by Crippen LogP contribution is -2.72. The summed E-state index contributed by atoms with van der Waals surface area (Å²) in [5.41, 5.74) is 2.66. The van der Waals surface area contributed by atoms with Gasteiger partial charge in [-0.2, -0.15) is 0 Å². The molecule has 174 valence electrons. The Labute approximate surface area is 203 Å². The van der Waals surface area contributed by atoms with Gasteiger partial charge in [-0.3, -0.25) is 0 Å². The van der Waals surface area contributed by atoms with Crippen LogP contribution in [0.4, 0.5) is 0 Å². The Balaban J connectivity index is 0.00000272. The molecule has 1 saturated heterocycles. The van der Waals surface area contributed by atoms with Crippen molar-refractivity contribution in [2.45, 2.75) is 64.6 Å². The molecule has 3 unspecified atom stereocenters. The van der Waals surface area contributed by atoms with Crippen LogP contribution in [-0.4, -0.2) is 51.6 Å². The highest BCUT2D eigenvalue weighted by atomic mass is 127. The summed E-state index contributed by atoms with van der Waals surface area (Å²) in [6.45, 7) is 7.94. The maximum atomic E-state index is 6.07. The zero-order valence-electron chi connectivity index (χ0n) is 19.1. The normalized spacial score (nSPS) is 25.8. The van der Waals surface area contributed by atoms with Gasteiger partial charge in [0.05, 0.1) is 19.3 Å². The van der Waals surface area contributed by atoms with Gasteiger partial charge in [-0.1, -0.05) is 18.6 Å². The van der Waals surface area contributed by atoms with Crippen LogP contribution in [0.2, 0.25) is 0 Å². The van der Waals surface area contributed by atoms with Crippen LogP contribution in [0, 0.1) is 18.3 Å². The molecule has 2 saturated carbocycles. The van der Waals surface area contributed by atoms with Crippen molar-refractivity contribution >= 4 is 29.9 Å². The van der Waals surface area contributed by atoms with E-state index in [1.54, 1.807) is 7.11 Å². The van der Waals surface area contributed by atoms with Crippen molar-refractivity contribution in [1.29, 1.82) is 0 Å². The zero-order chi connectivity index (χ0) is 21.0. The molecule has 3 atom stereocenters. The Morgan fingerprint density at radius 2 is 2.13 bits per heavy atom. The number of halogens is 1.